The fourth-order valence-electron chi connectivity index (χ4n) is 2.54. The highest BCUT2D eigenvalue weighted by Crippen LogP contribution is 2.45. The molecule has 0 aromatic heterocycles. The number of benzene rings is 1. The van der Waals surface area contributed by atoms with Crippen LogP contribution in [-0.4, -0.2) is 17.6 Å². The lowest BCUT2D eigenvalue weighted by Crippen LogP contribution is -2.42. The molecule has 94 valence electrons. The average Bonchev–Trinajstić information content (AvgIpc) is 2.30. The van der Waals surface area contributed by atoms with Gasteiger partial charge in [-0.05, 0) is 30.5 Å². The molecule has 0 saturated heterocycles. The molecule has 0 atom stereocenters. The van der Waals surface area contributed by atoms with E-state index in [1.54, 1.807) is 18.2 Å². The number of hydrogen-bond acceptors (Lipinski definition) is 2. The van der Waals surface area contributed by atoms with Crippen LogP contribution in [0.25, 0.3) is 0 Å². The van der Waals surface area contributed by atoms with E-state index < -0.39 is 11.3 Å². The Morgan fingerprint density at radius 2 is 1.82 bits per heavy atom. The molecule has 1 aliphatic rings. The number of hydrogen-bond donors (Lipinski definition) is 2. The van der Waals surface area contributed by atoms with Crippen molar-refractivity contribution in [1.29, 1.82) is 0 Å². The van der Waals surface area contributed by atoms with Crippen LogP contribution < -0.4 is 5.73 Å². The first-order chi connectivity index (χ1) is 7.97. The van der Waals surface area contributed by atoms with Gasteiger partial charge in [0.15, 0.2) is 0 Å². The van der Waals surface area contributed by atoms with Crippen molar-refractivity contribution in [1.82, 2.24) is 0 Å². The Labute approximate surface area is 99.4 Å². The molecule has 0 amide bonds. The maximum atomic E-state index is 13.2. The topological polar surface area (TPSA) is 46.2 Å². The fraction of sp³-hybridized carbons (Fsp3) is 0.538. The zero-order valence-corrected chi connectivity index (χ0v) is 9.63. The normalized spacial score (nSPS) is 22.3. The molecule has 1 saturated carbocycles. The number of halogens is 2. The van der Waals surface area contributed by atoms with E-state index in [0.29, 0.717) is 19.4 Å². The van der Waals surface area contributed by atoms with E-state index in [9.17, 15) is 13.9 Å². The standard InChI is InChI=1S/C13H17F2NO/c14-13(15)6-4-12(9-16,5-7-13)10-2-1-3-11(17)8-10/h1-3,8,17H,4-7,9,16H2. The van der Waals surface area contributed by atoms with E-state index in [4.69, 9.17) is 5.73 Å². The Morgan fingerprint density at radius 3 is 2.35 bits per heavy atom. The third-order valence-electron chi connectivity index (χ3n) is 3.79. The predicted octanol–water partition coefficient (Wildman–Crippen LogP) is 2.80. The van der Waals surface area contributed by atoms with E-state index in [0.717, 1.165) is 5.56 Å². The van der Waals surface area contributed by atoms with Gasteiger partial charge >= 0.3 is 0 Å². The minimum atomic E-state index is -2.56. The van der Waals surface area contributed by atoms with Crippen molar-refractivity contribution >= 4 is 0 Å². The molecule has 1 aromatic rings. The maximum Gasteiger partial charge on any atom is 0.248 e. The lowest BCUT2D eigenvalue weighted by molar-refractivity contribution is -0.0509. The molecule has 0 unspecified atom stereocenters. The summed E-state index contributed by atoms with van der Waals surface area (Å²) in [6, 6.07) is 6.80. The van der Waals surface area contributed by atoms with E-state index in [-0.39, 0.29) is 18.6 Å². The molecule has 4 heteroatoms. The smallest absolute Gasteiger partial charge is 0.248 e. The van der Waals surface area contributed by atoms with Gasteiger partial charge in [0, 0.05) is 24.8 Å². The van der Waals surface area contributed by atoms with Gasteiger partial charge in [-0.1, -0.05) is 12.1 Å². The SMILES string of the molecule is NCC1(c2cccc(O)c2)CCC(F)(F)CC1. The Balaban J connectivity index is 2.27. The van der Waals surface area contributed by atoms with E-state index >= 15 is 0 Å². The molecule has 1 aromatic carbocycles. The van der Waals surface area contributed by atoms with Crippen molar-refractivity contribution in [3.05, 3.63) is 29.8 Å². The van der Waals surface area contributed by atoms with Crippen molar-refractivity contribution in [2.75, 3.05) is 6.54 Å². The number of nitrogens with two attached hydrogens (primary N) is 1. The first kappa shape index (κ1) is 12.3. The molecule has 1 fully saturated rings. The highest BCUT2D eigenvalue weighted by Gasteiger charge is 2.43. The van der Waals surface area contributed by atoms with Crippen LogP contribution in [0.3, 0.4) is 0 Å². The second-order valence-electron chi connectivity index (χ2n) is 4.89. The maximum absolute atomic E-state index is 13.2. The van der Waals surface area contributed by atoms with Gasteiger partial charge < -0.3 is 10.8 Å². The first-order valence-electron chi connectivity index (χ1n) is 5.85. The highest BCUT2D eigenvalue weighted by molar-refractivity contribution is 5.34. The largest absolute Gasteiger partial charge is 0.508 e. The van der Waals surface area contributed by atoms with Crippen LogP contribution in [0, 0.1) is 0 Å². The van der Waals surface area contributed by atoms with Gasteiger partial charge in [-0.2, -0.15) is 0 Å². The van der Waals surface area contributed by atoms with Crippen molar-refractivity contribution in [3.63, 3.8) is 0 Å². The average molecular weight is 241 g/mol. The minimum Gasteiger partial charge on any atom is -0.508 e. The summed E-state index contributed by atoms with van der Waals surface area (Å²) < 4.78 is 26.4. The second-order valence-corrected chi connectivity index (χ2v) is 4.89. The summed E-state index contributed by atoms with van der Waals surface area (Å²) in [5, 5.41) is 9.47. The Kier molecular flexibility index (Phi) is 3.08. The van der Waals surface area contributed by atoms with Crippen LogP contribution in [0.5, 0.6) is 5.75 Å². The predicted molar refractivity (Wildman–Crippen MR) is 62.3 cm³/mol. The summed E-state index contributed by atoms with van der Waals surface area (Å²) >= 11 is 0. The lowest BCUT2D eigenvalue weighted by Gasteiger charge is -2.39. The molecular formula is C13H17F2NO. The second kappa shape index (κ2) is 4.26. The van der Waals surface area contributed by atoms with E-state index in [1.165, 1.54) is 0 Å². The molecule has 3 N–H and O–H groups in total. The number of alkyl halides is 2. The van der Waals surface area contributed by atoms with Crippen LogP contribution in [-0.2, 0) is 5.41 Å². The van der Waals surface area contributed by atoms with Crippen molar-refractivity contribution in [3.8, 4) is 5.75 Å². The van der Waals surface area contributed by atoms with Crippen molar-refractivity contribution in [2.45, 2.75) is 37.0 Å². The summed E-state index contributed by atoms with van der Waals surface area (Å²) in [6.07, 6.45) is 0.500. The highest BCUT2D eigenvalue weighted by atomic mass is 19.3. The third-order valence-corrected chi connectivity index (χ3v) is 3.79. The van der Waals surface area contributed by atoms with Crippen LogP contribution >= 0.6 is 0 Å². The zero-order valence-electron chi connectivity index (χ0n) is 9.63. The van der Waals surface area contributed by atoms with Gasteiger partial charge in [-0.15, -0.1) is 0 Å². The molecular weight excluding hydrogens is 224 g/mol. The van der Waals surface area contributed by atoms with Crippen LogP contribution in [0.1, 0.15) is 31.2 Å². The first-order valence-corrected chi connectivity index (χ1v) is 5.85. The minimum absolute atomic E-state index is 0.125. The molecule has 0 bridgehead atoms. The molecule has 17 heavy (non-hydrogen) atoms. The molecule has 1 aliphatic carbocycles. The van der Waals surface area contributed by atoms with Crippen LogP contribution in [0.4, 0.5) is 8.78 Å². The molecule has 2 rings (SSSR count). The fourth-order valence-corrected chi connectivity index (χ4v) is 2.54. The Bertz CT molecular complexity index is 396. The molecule has 0 heterocycles. The zero-order chi connectivity index (χ0) is 12.5. The number of phenols is 1. The number of rotatable bonds is 2. The number of phenolic OH excluding ortho intramolecular Hbond substituents is 1. The quantitative estimate of drug-likeness (QED) is 0.836. The van der Waals surface area contributed by atoms with Gasteiger partial charge in [-0.25, -0.2) is 8.78 Å². The third kappa shape index (κ3) is 2.41. The van der Waals surface area contributed by atoms with Crippen LogP contribution in [0.15, 0.2) is 24.3 Å². The molecule has 0 spiro atoms. The molecule has 0 radical (unpaired) electrons. The number of aromatic hydroxyl groups is 1. The summed E-state index contributed by atoms with van der Waals surface area (Å²) in [7, 11) is 0. The lowest BCUT2D eigenvalue weighted by atomic mass is 9.68. The monoisotopic (exact) mass is 241 g/mol. The Hall–Kier alpha value is -1.16. The Morgan fingerprint density at radius 1 is 1.18 bits per heavy atom. The van der Waals surface area contributed by atoms with Gasteiger partial charge in [0.2, 0.25) is 5.92 Å². The van der Waals surface area contributed by atoms with E-state index in [1.807, 2.05) is 6.07 Å². The van der Waals surface area contributed by atoms with E-state index in [2.05, 4.69) is 0 Å². The molecule has 0 aliphatic heterocycles. The van der Waals surface area contributed by atoms with Gasteiger partial charge in [-0.3, -0.25) is 0 Å². The summed E-state index contributed by atoms with van der Waals surface area (Å²) in [4.78, 5) is 0. The summed E-state index contributed by atoms with van der Waals surface area (Å²) in [5.74, 6) is -2.40. The van der Waals surface area contributed by atoms with Crippen molar-refractivity contribution < 1.29 is 13.9 Å². The van der Waals surface area contributed by atoms with Crippen molar-refractivity contribution in [2.24, 2.45) is 5.73 Å². The summed E-state index contributed by atoms with van der Waals surface area (Å²) in [6.45, 7) is 0.340. The van der Waals surface area contributed by atoms with Gasteiger partial charge in [0.25, 0.3) is 0 Å². The van der Waals surface area contributed by atoms with Gasteiger partial charge in [0.1, 0.15) is 5.75 Å². The molecule has 2 nitrogen and oxygen atoms in total. The summed E-state index contributed by atoms with van der Waals surface area (Å²) in [5.41, 5.74) is 6.25. The van der Waals surface area contributed by atoms with Crippen LogP contribution in [0.2, 0.25) is 0 Å². The van der Waals surface area contributed by atoms with Gasteiger partial charge in [0.05, 0.1) is 0 Å².